The molecule has 0 unspecified atom stereocenters. The number of carbonyl (C=O) groups excluding carboxylic acids is 2. The number of nitrogens with one attached hydrogen (secondary N) is 1. The first kappa shape index (κ1) is 32.5. The van der Waals surface area contributed by atoms with Gasteiger partial charge in [-0.15, -0.1) is 0 Å². The molecule has 2 amide bonds. The lowest BCUT2D eigenvalue weighted by molar-refractivity contribution is -0.140. The SMILES string of the molecule is COc1ccc(N(CC(=O)N(Cc2ccc(Cl)cc2Cl)[C@@H](C)C(=O)NC(C)(C)C)S(=O)(=O)c2ccccc2)cc1Cl. The molecule has 0 radical (unpaired) electrons. The highest BCUT2D eigenvalue weighted by Gasteiger charge is 2.34. The summed E-state index contributed by atoms with van der Waals surface area (Å²) in [4.78, 5) is 28.5. The van der Waals surface area contributed by atoms with Crippen molar-refractivity contribution in [3.05, 3.63) is 87.4 Å². The maximum atomic E-state index is 14.0. The molecule has 8 nitrogen and oxygen atoms in total. The Bertz CT molecular complexity index is 1510. The summed E-state index contributed by atoms with van der Waals surface area (Å²) in [5, 5.41) is 3.74. The van der Waals surface area contributed by atoms with E-state index < -0.39 is 40.0 Å². The van der Waals surface area contributed by atoms with Crippen molar-refractivity contribution in [2.45, 2.75) is 50.7 Å². The smallest absolute Gasteiger partial charge is 0.264 e. The van der Waals surface area contributed by atoms with Crippen LogP contribution in [0, 0.1) is 0 Å². The van der Waals surface area contributed by atoms with E-state index in [9.17, 15) is 18.0 Å². The second-order valence-corrected chi connectivity index (χ2v) is 13.4. The van der Waals surface area contributed by atoms with E-state index in [4.69, 9.17) is 39.5 Å². The van der Waals surface area contributed by atoms with Gasteiger partial charge in [0.25, 0.3) is 10.0 Å². The van der Waals surface area contributed by atoms with Crippen molar-refractivity contribution in [2.24, 2.45) is 0 Å². The summed E-state index contributed by atoms with van der Waals surface area (Å²) >= 11 is 18.8. The van der Waals surface area contributed by atoms with Crippen LogP contribution in [-0.2, 0) is 26.2 Å². The van der Waals surface area contributed by atoms with Crippen molar-refractivity contribution < 1.29 is 22.7 Å². The molecule has 0 saturated carbocycles. The number of carbonyl (C=O) groups is 2. The number of halogens is 3. The van der Waals surface area contributed by atoms with Crippen molar-refractivity contribution in [1.29, 1.82) is 0 Å². The number of anilines is 1. The maximum absolute atomic E-state index is 14.0. The fraction of sp³-hybridized carbons (Fsp3) is 0.310. The molecule has 12 heteroatoms. The number of benzene rings is 3. The highest BCUT2D eigenvalue weighted by molar-refractivity contribution is 7.92. The first-order chi connectivity index (χ1) is 19.1. The highest BCUT2D eigenvalue weighted by Crippen LogP contribution is 2.32. The van der Waals surface area contributed by atoms with Gasteiger partial charge in [0.2, 0.25) is 11.8 Å². The summed E-state index contributed by atoms with van der Waals surface area (Å²) in [5.41, 5.74) is 0.106. The molecule has 41 heavy (non-hydrogen) atoms. The number of rotatable bonds is 10. The van der Waals surface area contributed by atoms with Gasteiger partial charge in [0.15, 0.2) is 0 Å². The average Bonchev–Trinajstić information content (AvgIpc) is 2.90. The van der Waals surface area contributed by atoms with Crippen LogP contribution in [0.4, 0.5) is 5.69 Å². The van der Waals surface area contributed by atoms with Crippen LogP contribution in [0.15, 0.2) is 71.6 Å². The molecule has 0 aliphatic rings. The molecule has 1 N–H and O–H groups in total. The minimum absolute atomic E-state index is 0.0226. The summed E-state index contributed by atoms with van der Waals surface area (Å²) in [6.07, 6.45) is 0. The first-order valence-corrected chi connectivity index (χ1v) is 15.2. The lowest BCUT2D eigenvalue weighted by Gasteiger charge is -2.33. The third-order valence-electron chi connectivity index (χ3n) is 6.05. The zero-order valence-corrected chi connectivity index (χ0v) is 26.4. The Morgan fingerprint density at radius 3 is 2.17 bits per heavy atom. The van der Waals surface area contributed by atoms with E-state index in [1.807, 2.05) is 20.8 Å². The molecule has 0 fully saturated rings. The number of sulfonamides is 1. The number of ether oxygens (including phenoxy) is 1. The Hall–Kier alpha value is -2.98. The fourth-order valence-corrected chi connectivity index (χ4v) is 6.10. The van der Waals surface area contributed by atoms with Crippen LogP contribution in [0.1, 0.15) is 33.3 Å². The minimum Gasteiger partial charge on any atom is -0.495 e. The lowest BCUT2D eigenvalue weighted by Crippen LogP contribution is -2.54. The fourth-order valence-electron chi connectivity index (χ4n) is 3.95. The number of amides is 2. The molecule has 0 saturated heterocycles. The predicted octanol–water partition coefficient (Wildman–Crippen LogP) is 6.18. The van der Waals surface area contributed by atoms with E-state index in [2.05, 4.69) is 5.32 Å². The number of hydrogen-bond donors (Lipinski definition) is 1. The Morgan fingerprint density at radius 2 is 1.61 bits per heavy atom. The van der Waals surface area contributed by atoms with Gasteiger partial charge >= 0.3 is 0 Å². The minimum atomic E-state index is -4.24. The summed E-state index contributed by atoms with van der Waals surface area (Å²) in [6, 6.07) is 16.0. The number of nitrogens with zero attached hydrogens (tertiary/aromatic N) is 2. The van der Waals surface area contributed by atoms with Gasteiger partial charge in [-0.3, -0.25) is 13.9 Å². The van der Waals surface area contributed by atoms with Crippen LogP contribution >= 0.6 is 34.8 Å². The molecule has 3 aromatic rings. The van der Waals surface area contributed by atoms with Crippen molar-refractivity contribution in [3.63, 3.8) is 0 Å². The topological polar surface area (TPSA) is 96.0 Å². The van der Waals surface area contributed by atoms with E-state index in [0.717, 1.165) is 4.31 Å². The first-order valence-electron chi connectivity index (χ1n) is 12.6. The van der Waals surface area contributed by atoms with Crippen LogP contribution in [-0.4, -0.2) is 50.4 Å². The van der Waals surface area contributed by atoms with Gasteiger partial charge < -0.3 is 15.0 Å². The standard InChI is InChI=1S/C29H32Cl3N3O5S/c1-19(28(37)33-29(2,3)4)34(17-20-11-12-21(30)15-24(20)31)27(36)18-35(22-13-14-26(40-5)25(32)16-22)41(38,39)23-9-7-6-8-10-23/h6-16,19H,17-18H2,1-5H3,(H,33,37)/t19-/m0/s1. The zero-order valence-electron chi connectivity index (χ0n) is 23.3. The Balaban J connectivity index is 2.08. The Morgan fingerprint density at radius 1 is 0.951 bits per heavy atom. The summed E-state index contributed by atoms with van der Waals surface area (Å²) in [6.45, 7) is 6.34. The van der Waals surface area contributed by atoms with E-state index in [1.54, 1.807) is 37.3 Å². The molecular weight excluding hydrogens is 609 g/mol. The second kappa shape index (κ2) is 13.3. The van der Waals surface area contributed by atoms with Gasteiger partial charge in [-0.25, -0.2) is 8.42 Å². The van der Waals surface area contributed by atoms with Crippen LogP contribution in [0.3, 0.4) is 0 Å². The molecule has 0 aromatic heterocycles. The molecule has 0 bridgehead atoms. The van der Waals surface area contributed by atoms with Gasteiger partial charge in [0.05, 0.1) is 22.7 Å². The number of hydrogen-bond acceptors (Lipinski definition) is 5. The van der Waals surface area contributed by atoms with Gasteiger partial charge in [0.1, 0.15) is 18.3 Å². The highest BCUT2D eigenvalue weighted by atomic mass is 35.5. The maximum Gasteiger partial charge on any atom is 0.264 e. The molecule has 0 spiro atoms. The molecule has 3 aromatic carbocycles. The van der Waals surface area contributed by atoms with Crippen LogP contribution in [0.2, 0.25) is 15.1 Å². The average molecular weight is 641 g/mol. The Labute approximate surface area is 256 Å². The monoisotopic (exact) mass is 639 g/mol. The van der Waals surface area contributed by atoms with E-state index in [-0.39, 0.29) is 22.2 Å². The largest absolute Gasteiger partial charge is 0.495 e. The van der Waals surface area contributed by atoms with Gasteiger partial charge in [-0.2, -0.15) is 0 Å². The summed E-state index contributed by atoms with van der Waals surface area (Å²) in [5.74, 6) is -0.717. The van der Waals surface area contributed by atoms with Gasteiger partial charge in [-0.1, -0.05) is 59.1 Å². The van der Waals surface area contributed by atoms with Crippen LogP contribution < -0.4 is 14.4 Å². The van der Waals surface area contributed by atoms with Gasteiger partial charge in [-0.05, 0) is 75.7 Å². The molecule has 220 valence electrons. The van der Waals surface area contributed by atoms with Crippen LogP contribution in [0.5, 0.6) is 5.75 Å². The molecule has 0 aliphatic carbocycles. The normalized spacial score (nSPS) is 12.4. The van der Waals surface area contributed by atoms with E-state index in [1.165, 1.54) is 48.4 Å². The number of methoxy groups -OCH3 is 1. The predicted molar refractivity (Wildman–Crippen MR) is 163 cm³/mol. The third-order valence-corrected chi connectivity index (χ3v) is 8.73. The van der Waals surface area contributed by atoms with Crippen molar-refractivity contribution in [1.82, 2.24) is 10.2 Å². The molecule has 3 rings (SSSR count). The third kappa shape index (κ3) is 8.29. The van der Waals surface area contributed by atoms with Gasteiger partial charge in [0, 0.05) is 22.1 Å². The van der Waals surface area contributed by atoms with Crippen molar-refractivity contribution in [3.8, 4) is 5.75 Å². The second-order valence-electron chi connectivity index (χ2n) is 10.3. The van der Waals surface area contributed by atoms with E-state index >= 15 is 0 Å². The Kier molecular flexibility index (Phi) is 10.6. The zero-order chi connectivity index (χ0) is 30.5. The summed E-state index contributed by atoms with van der Waals surface area (Å²) < 4.78 is 33.9. The van der Waals surface area contributed by atoms with Crippen molar-refractivity contribution in [2.75, 3.05) is 18.0 Å². The molecule has 0 heterocycles. The van der Waals surface area contributed by atoms with Crippen molar-refractivity contribution >= 4 is 62.3 Å². The molecule has 1 atom stereocenters. The molecular formula is C29H32Cl3N3O5S. The van der Waals surface area contributed by atoms with Crippen LogP contribution in [0.25, 0.3) is 0 Å². The molecule has 0 aliphatic heterocycles. The quantitative estimate of drug-likeness (QED) is 0.286. The summed E-state index contributed by atoms with van der Waals surface area (Å²) in [7, 11) is -2.80. The lowest BCUT2D eigenvalue weighted by atomic mass is 10.1. The van der Waals surface area contributed by atoms with E-state index in [0.29, 0.717) is 21.4 Å².